The summed E-state index contributed by atoms with van der Waals surface area (Å²) in [6.45, 7) is 2.80. The van der Waals surface area contributed by atoms with Crippen LogP contribution in [0.15, 0.2) is 0 Å². The summed E-state index contributed by atoms with van der Waals surface area (Å²) in [6.07, 6.45) is -0.346. The Morgan fingerprint density at radius 2 is 2.42 bits per heavy atom. The lowest BCUT2D eigenvalue weighted by atomic mass is 10.4. The van der Waals surface area contributed by atoms with Crippen LogP contribution >= 0.6 is 0 Å². The van der Waals surface area contributed by atoms with Crippen molar-refractivity contribution in [3.8, 4) is 0 Å². The van der Waals surface area contributed by atoms with Crippen LogP contribution < -0.4 is 5.32 Å². The van der Waals surface area contributed by atoms with E-state index in [9.17, 15) is 0 Å². The summed E-state index contributed by atoms with van der Waals surface area (Å²) in [6, 6.07) is 0. The number of rotatable bonds is 4. The van der Waals surface area contributed by atoms with Crippen molar-refractivity contribution in [2.45, 2.75) is 19.6 Å². The number of nitrogens with one attached hydrogen (secondary N) is 1. The Bertz CT molecular complexity index is 234. The van der Waals surface area contributed by atoms with Crippen molar-refractivity contribution >= 4 is 0 Å². The number of aliphatic hydroxyl groups is 1. The number of aromatic nitrogens is 4. The number of nitrogens with zero attached hydrogens (tertiary/aromatic N) is 4. The van der Waals surface area contributed by atoms with Gasteiger partial charge in [0, 0.05) is 6.54 Å². The summed E-state index contributed by atoms with van der Waals surface area (Å²) in [4.78, 5) is 1.40. The van der Waals surface area contributed by atoms with Gasteiger partial charge in [0.2, 0.25) is 0 Å². The highest BCUT2D eigenvalue weighted by Gasteiger charge is 1.99. The molecular weight excluding hydrogens is 158 g/mol. The molecule has 1 heterocycles. The van der Waals surface area contributed by atoms with E-state index in [1.165, 1.54) is 4.80 Å². The molecule has 0 bridgehead atoms. The molecule has 2 N–H and O–H groups in total. The maximum Gasteiger partial charge on any atom is 0.188 e. The van der Waals surface area contributed by atoms with Crippen LogP contribution in [0.5, 0.6) is 0 Å². The second-order valence-electron chi connectivity index (χ2n) is 2.68. The van der Waals surface area contributed by atoms with Gasteiger partial charge in [-0.05, 0) is 12.1 Å². The smallest absolute Gasteiger partial charge is 0.188 e. The standard InChI is InChI=1S/C6H13N5O/c1-5(12)3-7-4-6-8-10-11(2)9-6/h5,7,12H,3-4H2,1-2H3. The summed E-state index contributed by atoms with van der Waals surface area (Å²) in [5, 5.41) is 23.3. The molecule has 0 aliphatic rings. The minimum absolute atomic E-state index is 0.346. The van der Waals surface area contributed by atoms with E-state index in [0.717, 1.165) is 0 Å². The van der Waals surface area contributed by atoms with E-state index in [-0.39, 0.29) is 6.10 Å². The topological polar surface area (TPSA) is 75.9 Å². The third-order valence-electron chi connectivity index (χ3n) is 1.27. The molecule has 0 aliphatic heterocycles. The molecule has 1 atom stereocenters. The summed E-state index contributed by atoms with van der Waals surface area (Å²) in [5.74, 6) is 0.637. The molecular formula is C6H13N5O. The molecule has 1 rings (SSSR count). The van der Waals surface area contributed by atoms with Gasteiger partial charge in [-0.2, -0.15) is 4.80 Å². The first kappa shape index (κ1) is 9.08. The minimum atomic E-state index is -0.346. The monoisotopic (exact) mass is 171 g/mol. The van der Waals surface area contributed by atoms with E-state index in [1.54, 1.807) is 14.0 Å². The fraction of sp³-hybridized carbons (Fsp3) is 0.833. The normalized spacial score (nSPS) is 13.2. The Kier molecular flexibility index (Phi) is 3.12. The average molecular weight is 171 g/mol. The first-order chi connectivity index (χ1) is 5.68. The highest BCUT2D eigenvalue weighted by atomic mass is 16.3. The highest BCUT2D eigenvalue weighted by molar-refractivity contribution is 4.75. The average Bonchev–Trinajstić information content (AvgIpc) is 2.35. The zero-order chi connectivity index (χ0) is 8.97. The van der Waals surface area contributed by atoms with Crippen molar-refractivity contribution in [2.75, 3.05) is 6.54 Å². The maximum absolute atomic E-state index is 8.91. The van der Waals surface area contributed by atoms with Crippen LogP contribution in [0.2, 0.25) is 0 Å². The lowest BCUT2D eigenvalue weighted by molar-refractivity contribution is 0.190. The molecule has 0 saturated carbocycles. The largest absolute Gasteiger partial charge is 0.392 e. The number of hydrogen-bond donors (Lipinski definition) is 2. The molecule has 0 radical (unpaired) electrons. The predicted molar refractivity (Wildman–Crippen MR) is 42.2 cm³/mol. The van der Waals surface area contributed by atoms with Crippen LogP contribution in [0, 0.1) is 0 Å². The van der Waals surface area contributed by atoms with Crippen molar-refractivity contribution in [2.24, 2.45) is 7.05 Å². The van der Waals surface area contributed by atoms with Crippen LogP contribution in [-0.2, 0) is 13.6 Å². The van der Waals surface area contributed by atoms with Crippen LogP contribution in [0.1, 0.15) is 12.7 Å². The van der Waals surface area contributed by atoms with Crippen LogP contribution in [0.25, 0.3) is 0 Å². The van der Waals surface area contributed by atoms with Gasteiger partial charge in [0.15, 0.2) is 5.82 Å². The highest BCUT2D eigenvalue weighted by Crippen LogP contribution is 1.83. The van der Waals surface area contributed by atoms with E-state index in [2.05, 4.69) is 20.7 Å². The second-order valence-corrected chi connectivity index (χ2v) is 2.68. The van der Waals surface area contributed by atoms with Gasteiger partial charge in [0.05, 0.1) is 19.7 Å². The predicted octanol–water partition coefficient (Wildman–Crippen LogP) is -1.32. The molecule has 6 heteroatoms. The SMILES string of the molecule is CC(O)CNCc1nnn(C)n1. The van der Waals surface area contributed by atoms with Crippen molar-refractivity contribution in [1.29, 1.82) is 0 Å². The Hall–Kier alpha value is -1.01. The van der Waals surface area contributed by atoms with Crippen molar-refractivity contribution < 1.29 is 5.11 Å². The lowest BCUT2D eigenvalue weighted by Crippen LogP contribution is -2.24. The van der Waals surface area contributed by atoms with Crippen LogP contribution in [-0.4, -0.2) is 38.0 Å². The van der Waals surface area contributed by atoms with Gasteiger partial charge in [0.1, 0.15) is 0 Å². The number of aliphatic hydroxyl groups excluding tert-OH is 1. The van der Waals surface area contributed by atoms with Crippen molar-refractivity contribution in [3.05, 3.63) is 5.82 Å². The van der Waals surface area contributed by atoms with Crippen molar-refractivity contribution in [1.82, 2.24) is 25.5 Å². The van der Waals surface area contributed by atoms with E-state index in [0.29, 0.717) is 18.9 Å². The Morgan fingerprint density at radius 1 is 1.67 bits per heavy atom. The van der Waals surface area contributed by atoms with Crippen LogP contribution in [0.4, 0.5) is 0 Å². The van der Waals surface area contributed by atoms with Crippen LogP contribution in [0.3, 0.4) is 0 Å². The van der Waals surface area contributed by atoms with Gasteiger partial charge >= 0.3 is 0 Å². The van der Waals surface area contributed by atoms with Gasteiger partial charge in [0.25, 0.3) is 0 Å². The van der Waals surface area contributed by atoms with E-state index in [4.69, 9.17) is 5.11 Å². The first-order valence-electron chi connectivity index (χ1n) is 3.80. The third kappa shape index (κ3) is 2.93. The maximum atomic E-state index is 8.91. The van der Waals surface area contributed by atoms with Gasteiger partial charge in [-0.25, -0.2) is 0 Å². The minimum Gasteiger partial charge on any atom is -0.392 e. The molecule has 0 saturated heterocycles. The molecule has 1 aromatic rings. The molecule has 0 spiro atoms. The molecule has 0 aliphatic carbocycles. The first-order valence-corrected chi connectivity index (χ1v) is 3.80. The Morgan fingerprint density at radius 3 is 2.92 bits per heavy atom. The quantitative estimate of drug-likeness (QED) is 0.587. The van der Waals surface area contributed by atoms with Gasteiger partial charge < -0.3 is 10.4 Å². The number of hydrogen-bond acceptors (Lipinski definition) is 5. The molecule has 68 valence electrons. The van der Waals surface area contributed by atoms with Crippen molar-refractivity contribution in [3.63, 3.8) is 0 Å². The molecule has 0 amide bonds. The van der Waals surface area contributed by atoms with E-state index < -0.39 is 0 Å². The summed E-state index contributed by atoms with van der Waals surface area (Å²) < 4.78 is 0. The number of aryl methyl sites for hydroxylation is 1. The van der Waals surface area contributed by atoms with Gasteiger partial charge in [-0.1, -0.05) is 0 Å². The molecule has 6 nitrogen and oxygen atoms in total. The number of tetrazole rings is 1. The zero-order valence-electron chi connectivity index (χ0n) is 7.23. The molecule has 0 fully saturated rings. The zero-order valence-corrected chi connectivity index (χ0v) is 7.23. The molecule has 0 aromatic carbocycles. The van der Waals surface area contributed by atoms with Gasteiger partial charge in [-0.15, -0.1) is 10.2 Å². The van der Waals surface area contributed by atoms with E-state index in [1.807, 2.05) is 0 Å². The van der Waals surface area contributed by atoms with Gasteiger partial charge in [-0.3, -0.25) is 0 Å². The molecule has 12 heavy (non-hydrogen) atoms. The Labute approximate surface area is 70.6 Å². The third-order valence-corrected chi connectivity index (χ3v) is 1.27. The Balaban J connectivity index is 2.24. The summed E-state index contributed by atoms with van der Waals surface area (Å²) in [5.41, 5.74) is 0. The summed E-state index contributed by atoms with van der Waals surface area (Å²) in [7, 11) is 1.71. The summed E-state index contributed by atoms with van der Waals surface area (Å²) >= 11 is 0. The molecule has 1 aromatic heterocycles. The molecule has 1 unspecified atom stereocenters. The fourth-order valence-corrected chi connectivity index (χ4v) is 0.787. The second kappa shape index (κ2) is 4.13. The van der Waals surface area contributed by atoms with E-state index >= 15 is 0 Å². The fourth-order valence-electron chi connectivity index (χ4n) is 0.787. The lowest BCUT2D eigenvalue weighted by Gasteiger charge is -2.02.